The molecule has 3 aromatic rings. The van der Waals surface area contributed by atoms with Gasteiger partial charge in [0.05, 0.1) is 21.2 Å². The minimum atomic E-state index is -3.65. The van der Waals surface area contributed by atoms with E-state index in [1.807, 2.05) is 31.2 Å². The number of anilines is 1. The van der Waals surface area contributed by atoms with E-state index in [9.17, 15) is 13.2 Å². The molecule has 0 spiro atoms. The van der Waals surface area contributed by atoms with E-state index in [0.29, 0.717) is 17.9 Å². The van der Waals surface area contributed by atoms with E-state index in [1.54, 1.807) is 45.7 Å². The van der Waals surface area contributed by atoms with E-state index in [2.05, 4.69) is 0 Å². The molecule has 0 saturated carbocycles. The van der Waals surface area contributed by atoms with Gasteiger partial charge in [0.15, 0.2) is 0 Å². The maximum Gasteiger partial charge on any atom is 0.243 e. The summed E-state index contributed by atoms with van der Waals surface area (Å²) < 4.78 is 29.8. The van der Waals surface area contributed by atoms with Crippen LogP contribution in [0.4, 0.5) is 5.69 Å². The highest BCUT2D eigenvalue weighted by atomic mass is 32.2. The van der Waals surface area contributed by atoms with Crippen molar-refractivity contribution in [3.8, 4) is 0 Å². The van der Waals surface area contributed by atoms with Crippen LogP contribution in [0.25, 0.3) is 10.2 Å². The Morgan fingerprint density at radius 3 is 2.77 bits per heavy atom. The second kappa shape index (κ2) is 7.14. The summed E-state index contributed by atoms with van der Waals surface area (Å²) in [7, 11) is -3.65. The molecule has 0 N–H and O–H groups in total. The van der Waals surface area contributed by atoms with Crippen molar-refractivity contribution >= 4 is 43.2 Å². The molecule has 1 fully saturated rings. The standard InChI is InChI=1S/C22H23N3O3S2/c1-14-12-16-13-17(9-10-19(16)25(14)15(2)26)30(27,28)24-11-5-7-20(24)22-23-18-6-3-4-8-21(18)29-22/h3-4,6,8-10,13-14,20H,5,7,11-12H2,1-2H3/t14-,20-/m1/s1. The van der Waals surface area contributed by atoms with Gasteiger partial charge in [-0.15, -0.1) is 11.3 Å². The summed E-state index contributed by atoms with van der Waals surface area (Å²) in [5, 5.41) is 0.856. The molecule has 30 heavy (non-hydrogen) atoms. The molecule has 1 saturated heterocycles. The Balaban J connectivity index is 1.50. The number of hydrogen-bond acceptors (Lipinski definition) is 5. The van der Waals surface area contributed by atoms with Gasteiger partial charge in [-0.2, -0.15) is 4.31 Å². The Morgan fingerprint density at radius 2 is 2.00 bits per heavy atom. The SMILES string of the molecule is CC(=O)N1c2ccc(S(=O)(=O)N3CCC[C@@H]3c3nc4ccccc4s3)cc2C[C@H]1C. The Labute approximate surface area is 180 Å². The van der Waals surface area contributed by atoms with Crippen molar-refractivity contribution in [2.45, 2.75) is 50.1 Å². The quantitative estimate of drug-likeness (QED) is 0.613. The lowest BCUT2D eigenvalue weighted by molar-refractivity contribution is -0.116. The first-order valence-electron chi connectivity index (χ1n) is 10.2. The first-order valence-corrected chi connectivity index (χ1v) is 12.4. The predicted molar refractivity (Wildman–Crippen MR) is 118 cm³/mol. The zero-order chi connectivity index (χ0) is 21.0. The molecule has 1 aromatic heterocycles. The van der Waals surface area contributed by atoms with Crippen molar-refractivity contribution in [3.63, 3.8) is 0 Å². The Kier molecular flexibility index (Phi) is 4.68. The van der Waals surface area contributed by atoms with Gasteiger partial charge in [-0.1, -0.05) is 12.1 Å². The fraction of sp³-hybridized carbons (Fsp3) is 0.364. The fourth-order valence-corrected chi connectivity index (χ4v) is 7.58. The molecule has 0 radical (unpaired) electrons. The van der Waals surface area contributed by atoms with Crippen molar-refractivity contribution < 1.29 is 13.2 Å². The van der Waals surface area contributed by atoms with E-state index >= 15 is 0 Å². The predicted octanol–water partition coefficient (Wildman–Crippen LogP) is 4.12. The normalized spacial score (nSPS) is 22.0. The van der Waals surface area contributed by atoms with Gasteiger partial charge in [-0.25, -0.2) is 13.4 Å². The van der Waals surface area contributed by atoms with Gasteiger partial charge < -0.3 is 4.90 Å². The summed E-state index contributed by atoms with van der Waals surface area (Å²) in [6.07, 6.45) is 2.26. The number of nitrogens with zero attached hydrogens (tertiary/aromatic N) is 3. The van der Waals surface area contributed by atoms with Crippen LogP contribution < -0.4 is 4.90 Å². The van der Waals surface area contributed by atoms with Crippen molar-refractivity contribution in [2.24, 2.45) is 0 Å². The topological polar surface area (TPSA) is 70.6 Å². The highest BCUT2D eigenvalue weighted by molar-refractivity contribution is 7.89. The van der Waals surface area contributed by atoms with Gasteiger partial charge in [-0.3, -0.25) is 4.79 Å². The molecule has 2 aromatic carbocycles. The number of para-hydroxylation sites is 1. The van der Waals surface area contributed by atoms with Crippen LogP contribution in [0.2, 0.25) is 0 Å². The van der Waals surface area contributed by atoms with Crippen LogP contribution >= 0.6 is 11.3 Å². The first-order chi connectivity index (χ1) is 14.4. The summed E-state index contributed by atoms with van der Waals surface area (Å²) in [5.41, 5.74) is 2.64. The number of rotatable bonds is 3. The third-order valence-electron chi connectivity index (χ3n) is 6.01. The van der Waals surface area contributed by atoms with Crippen molar-refractivity contribution in [1.82, 2.24) is 9.29 Å². The smallest absolute Gasteiger partial charge is 0.243 e. The number of aromatic nitrogens is 1. The Hall–Kier alpha value is -2.29. The van der Waals surface area contributed by atoms with Gasteiger partial charge in [0.1, 0.15) is 5.01 Å². The summed E-state index contributed by atoms with van der Waals surface area (Å²) in [6.45, 7) is 4.03. The molecule has 2 atom stereocenters. The Bertz CT molecular complexity index is 1220. The van der Waals surface area contributed by atoms with E-state index in [-0.39, 0.29) is 18.0 Å². The summed E-state index contributed by atoms with van der Waals surface area (Å²) in [4.78, 5) is 18.7. The molecular formula is C22H23N3O3S2. The van der Waals surface area contributed by atoms with Crippen LogP contribution in [0.15, 0.2) is 47.4 Å². The zero-order valence-electron chi connectivity index (χ0n) is 16.9. The lowest BCUT2D eigenvalue weighted by Crippen LogP contribution is -2.33. The zero-order valence-corrected chi connectivity index (χ0v) is 18.5. The molecule has 156 valence electrons. The first kappa shape index (κ1) is 19.7. The van der Waals surface area contributed by atoms with Gasteiger partial charge in [0, 0.05) is 25.2 Å². The largest absolute Gasteiger partial charge is 0.309 e. The summed E-state index contributed by atoms with van der Waals surface area (Å²) >= 11 is 1.57. The lowest BCUT2D eigenvalue weighted by atomic mass is 10.1. The van der Waals surface area contributed by atoms with E-state index < -0.39 is 10.0 Å². The fourth-order valence-electron chi connectivity index (χ4n) is 4.69. The van der Waals surface area contributed by atoms with Crippen molar-refractivity contribution in [2.75, 3.05) is 11.4 Å². The number of carbonyl (C=O) groups is 1. The average molecular weight is 442 g/mol. The molecule has 3 heterocycles. The van der Waals surface area contributed by atoms with E-state index in [0.717, 1.165) is 39.3 Å². The number of carbonyl (C=O) groups excluding carboxylic acids is 1. The van der Waals surface area contributed by atoms with E-state index in [1.165, 1.54) is 0 Å². The monoisotopic (exact) mass is 441 g/mol. The maximum atomic E-state index is 13.6. The van der Waals surface area contributed by atoms with Gasteiger partial charge in [0.25, 0.3) is 0 Å². The van der Waals surface area contributed by atoms with Crippen molar-refractivity contribution in [1.29, 1.82) is 0 Å². The number of amides is 1. The number of thiazole rings is 1. The summed E-state index contributed by atoms with van der Waals surface area (Å²) in [6, 6.07) is 12.9. The molecule has 0 aliphatic carbocycles. The number of benzene rings is 2. The number of fused-ring (bicyclic) bond motifs is 2. The van der Waals surface area contributed by atoms with Crippen LogP contribution in [-0.2, 0) is 21.2 Å². The van der Waals surface area contributed by atoms with Gasteiger partial charge in [0.2, 0.25) is 15.9 Å². The highest BCUT2D eigenvalue weighted by Crippen LogP contribution is 2.41. The third kappa shape index (κ3) is 3.05. The summed E-state index contributed by atoms with van der Waals surface area (Å²) in [5.74, 6) is -0.0210. The van der Waals surface area contributed by atoms with Crippen LogP contribution in [0, 0.1) is 0 Å². The van der Waals surface area contributed by atoms with Gasteiger partial charge in [-0.05, 0) is 62.1 Å². The third-order valence-corrected chi connectivity index (χ3v) is 9.05. The maximum absolute atomic E-state index is 13.6. The lowest BCUT2D eigenvalue weighted by Gasteiger charge is -2.23. The number of sulfonamides is 1. The average Bonchev–Trinajstić information content (AvgIpc) is 3.42. The minimum Gasteiger partial charge on any atom is -0.309 e. The van der Waals surface area contributed by atoms with Crippen LogP contribution in [0.5, 0.6) is 0 Å². The molecule has 2 aliphatic rings. The molecule has 5 rings (SSSR count). The molecule has 2 aliphatic heterocycles. The molecular weight excluding hydrogens is 418 g/mol. The highest BCUT2D eigenvalue weighted by Gasteiger charge is 2.39. The second-order valence-corrected chi connectivity index (χ2v) is 11.0. The Morgan fingerprint density at radius 1 is 1.20 bits per heavy atom. The molecule has 0 unspecified atom stereocenters. The minimum absolute atomic E-state index is 0.0210. The van der Waals surface area contributed by atoms with Gasteiger partial charge >= 0.3 is 0 Å². The van der Waals surface area contributed by atoms with Crippen LogP contribution in [0.1, 0.15) is 43.3 Å². The second-order valence-electron chi connectivity index (χ2n) is 8.03. The van der Waals surface area contributed by atoms with Crippen molar-refractivity contribution in [3.05, 3.63) is 53.0 Å². The van der Waals surface area contributed by atoms with E-state index in [4.69, 9.17) is 4.98 Å². The molecule has 1 amide bonds. The molecule has 6 nitrogen and oxygen atoms in total. The van der Waals surface area contributed by atoms with Crippen LogP contribution in [0.3, 0.4) is 0 Å². The molecule has 0 bridgehead atoms. The molecule has 8 heteroatoms. The number of hydrogen-bond donors (Lipinski definition) is 0. The van der Waals surface area contributed by atoms with Crippen LogP contribution in [-0.4, -0.2) is 36.2 Å².